The van der Waals surface area contributed by atoms with Gasteiger partial charge in [0, 0.05) is 12.4 Å². The summed E-state index contributed by atoms with van der Waals surface area (Å²) in [7, 11) is 0. The molecule has 90 valence electrons. The van der Waals surface area contributed by atoms with Crippen LogP contribution in [0.25, 0.3) is 10.2 Å². The second kappa shape index (κ2) is 4.30. The standard InChI is InChI=1S/C12H10N4OS/c1-8-4-13-10(14-5-8)6-16-7-15-9-2-3-18-11(9)12(16)17/h2-5,7H,6H2,1H3. The van der Waals surface area contributed by atoms with Crippen molar-refractivity contribution in [2.75, 3.05) is 0 Å². The van der Waals surface area contributed by atoms with Crippen molar-refractivity contribution < 1.29 is 0 Å². The first-order valence-corrected chi connectivity index (χ1v) is 6.32. The molecule has 0 spiro atoms. The molecule has 0 aliphatic rings. The molecule has 3 heterocycles. The minimum absolute atomic E-state index is 0.0424. The van der Waals surface area contributed by atoms with Gasteiger partial charge in [-0.05, 0) is 23.9 Å². The van der Waals surface area contributed by atoms with Gasteiger partial charge in [0.05, 0.1) is 18.4 Å². The van der Waals surface area contributed by atoms with Gasteiger partial charge in [0.15, 0.2) is 0 Å². The van der Waals surface area contributed by atoms with E-state index in [1.165, 1.54) is 15.9 Å². The smallest absolute Gasteiger partial charge is 0.271 e. The van der Waals surface area contributed by atoms with Gasteiger partial charge in [0.1, 0.15) is 10.5 Å². The first-order valence-electron chi connectivity index (χ1n) is 5.44. The van der Waals surface area contributed by atoms with Crippen molar-refractivity contribution in [3.05, 3.63) is 51.9 Å². The lowest BCUT2D eigenvalue weighted by molar-refractivity contribution is 0.706. The zero-order valence-corrected chi connectivity index (χ0v) is 10.5. The molecule has 0 aliphatic heterocycles. The van der Waals surface area contributed by atoms with Crippen LogP contribution in [0.15, 0.2) is 35.0 Å². The van der Waals surface area contributed by atoms with E-state index < -0.39 is 0 Å². The molecule has 3 aromatic heterocycles. The summed E-state index contributed by atoms with van der Waals surface area (Å²) in [6, 6.07) is 1.84. The average Bonchev–Trinajstić information content (AvgIpc) is 2.84. The Hall–Kier alpha value is -2.08. The number of rotatable bonds is 2. The molecule has 0 saturated heterocycles. The fourth-order valence-electron chi connectivity index (χ4n) is 1.64. The Balaban J connectivity index is 2.02. The molecule has 5 nitrogen and oxygen atoms in total. The number of nitrogens with zero attached hydrogens (tertiary/aromatic N) is 4. The van der Waals surface area contributed by atoms with Gasteiger partial charge in [-0.15, -0.1) is 11.3 Å². The van der Waals surface area contributed by atoms with Crippen LogP contribution < -0.4 is 5.56 Å². The summed E-state index contributed by atoms with van der Waals surface area (Å²) in [5.74, 6) is 0.611. The molecule has 0 unspecified atom stereocenters. The lowest BCUT2D eigenvalue weighted by atomic mass is 10.4. The lowest BCUT2D eigenvalue weighted by Gasteiger charge is -2.03. The maximum atomic E-state index is 12.1. The highest BCUT2D eigenvalue weighted by atomic mass is 32.1. The zero-order valence-electron chi connectivity index (χ0n) is 9.70. The van der Waals surface area contributed by atoms with Gasteiger partial charge in [-0.3, -0.25) is 9.36 Å². The fourth-order valence-corrected chi connectivity index (χ4v) is 2.44. The van der Waals surface area contributed by atoms with E-state index in [1.54, 1.807) is 18.7 Å². The summed E-state index contributed by atoms with van der Waals surface area (Å²) in [6.45, 7) is 2.27. The van der Waals surface area contributed by atoms with E-state index in [0.29, 0.717) is 17.1 Å². The highest BCUT2D eigenvalue weighted by Gasteiger charge is 2.06. The van der Waals surface area contributed by atoms with Crippen LogP contribution in [0, 0.1) is 6.92 Å². The van der Waals surface area contributed by atoms with Crippen molar-refractivity contribution in [3.63, 3.8) is 0 Å². The molecule has 0 aliphatic carbocycles. The summed E-state index contributed by atoms with van der Waals surface area (Å²) in [5, 5.41) is 1.87. The van der Waals surface area contributed by atoms with E-state index in [0.717, 1.165) is 11.1 Å². The lowest BCUT2D eigenvalue weighted by Crippen LogP contribution is -2.21. The maximum Gasteiger partial charge on any atom is 0.271 e. The quantitative estimate of drug-likeness (QED) is 0.700. The molecule has 3 aromatic rings. The number of aromatic nitrogens is 4. The van der Waals surface area contributed by atoms with Crippen molar-refractivity contribution in [2.45, 2.75) is 13.5 Å². The fraction of sp³-hybridized carbons (Fsp3) is 0.167. The topological polar surface area (TPSA) is 60.7 Å². The Morgan fingerprint density at radius 1 is 1.28 bits per heavy atom. The van der Waals surface area contributed by atoms with Gasteiger partial charge >= 0.3 is 0 Å². The monoisotopic (exact) mass is 258 g/mol. The van der Waals surface area contributed by atoms with Crippen molar-refractivity contribution in [2.24, 2.45) is 0 Å². The molecule has 6 heteroatoms. The van der Waals surface area contributed by atoms with E-state index >= 15 is 0 Å². The van der Waals surface area contributed by atoms with Crippen molar-refractivity contribution in [1.82, 2.24) is 19.5 Å². The van der Waals surface area contributed by atoms with Crippen molar-refractivity contribution >= 4 is 21.6 Å². The number of hydrogen-bond acceptors (Lipinski definition) is 5. The molecule has 18 heavy (non-hydrogen) atoms. The van der Waals surface area contributed by atoms with E-state index in [-0.39, 0.29) is 5.56 Å². The van der Waals surface area contributed by atoms with Crippen LogP contribution in [-0.2, 0) is 6.54 Å². The molecule has 0 N–H and O–H groups in total. The summed E-state index contributed by atoms with van der Waals surface area (Å²) >= 11 is 1.40. The normalized spacial score (nSPS) is 10.9. The van der Waals surface area contributed by atoms with Gasteiger partial charge in [0.25, 0.3) is 5.56 Å². The molecule has 0 fully saturated rings. The van der Waals surface area contributed by atoms with Gasteiger partial charge in [-0.2, -0.15) is 0 Å². The molecule has 0 amide bonds. The Morgan fingerprint density at radius 3 is 2.83 bits per heavy atom. The SMILES string of the molecule is Cc1cnc(Cn2cnc3ccsc3c2=O)nc1. The summed E-state index contributed by atoms with van der Waals surface area (Å²) in [4.78, 5) is 24.7. The Bertz CT molecular complexity index is 745. The van der Waals surface area contributed by atoms with Crippen molar-refractivity contribution in [3.8, 4) is 0 Å². The predicted molar refractivity (Wildman–Crippen MR) is 69.8 cm³/mol. The van der Waals surface area contributed by atoms with Crippen molar-refractivity contribution in [1.29, 1.82) is 0 Å². The third-order valence-corrected chi connectivity index (χ3v) is 3.47. The minimum atomic E-state index is -0.0424. The second-order valence-electron chi connectivity index (χ2n) is 3.99. The van der Waals surface area contributed by atoms with Crippen LogP contribution in [-0.4, -0.2) is 19.5 Å². The zero-order chi connectivity index (χ0) is 12.5. The molecule has 0 saturated carbocycles. The average molecular weight is 258 g/mol. The number of hydrogen-bond donors (Lipinski definition) is 0. The summed E-state index contributed by atoms with van der Waals surface area (Å²) in [5.41, 5.74) is 1.70. The Kier molecular flexibility index (Phi) is 2.64. The third-order valence-electron chi connectivity index (χ3n) is 2.58. The van der Waals surface area contributed by atoms with Crippen LogP contribution in [0.3, 0.4) is 0 Å². The third kappa shape index (κ3) is 1.91. The first kappa shape index (κ1) is 11.0. The van der Waals surface area contributed by atoms with E-state index in [9.17, 15) is 4.79 Å². The van der Waals surface area contributed by atoms with Crippen LogP contribution in [0.2, 0.25) is 0 Å². The number of fused-ring (bicyclic) bond motifs is 1. The van der Waals surface area contributed by atoms with Crippen LogP contribution in [0.5, 0.6) is 0 Å². The van der Waals surface area contributed by atoms with Crippen LogP contribution in [0.4, 0.5) is 0 Å². The van der Waals surface area contributed by atoms with Gasteiger partial charge in [0.2, 0.25) is 0 Å². The van der Waals surface area contributed by atoms with E-state index in [2.05, 4.69) is 15.0 Å². The maximum absolute atomic E-state index is 12.1. The molecule has 0 atom stereocenters. The number of thiophene rings is 1. The largest absolute Gasteiger partial charge is 0.290 e. The predicted octanol–water partition coefficient (Wildman–Crippen LogP) is 1.60. The summed E-state index contributed by atoms with van der Waals surface area (Å²) in [6.07, 6.45) is 5.02. The first-order chi connectivity index (χ1) is 8.74. The molecule has 0 bridgehead atoms. The van der Waals surface area contributed by atoms with Gasteiger partial charge in [-0.1, -0.05) is 0 Å². The Labute approximate surface area is 107 Å². The van der Waals surface area contributed by atoms with E-state index in [4.69, 9.17) is 0 Å². The number of aryl methyl sites for hydroxylation is 1. The molecule has 3 rings (SSSR count). The summed E-state index contributed by atoms with van der Waals surface area (Å²) < 4.78 is 2.20. The molecule has 0 aromatic carbocycles. The molecular formula is C12H10N4OS. The highest BCUT2D eigenvalue weighted by molar-refractivity contribution is 7.17. The molecule has 0 radical (unpaired) electrons. The van der Waals surface area contributed by atoms with Crippen LogP contribution in [0.1, 0.15) is 11.4 Å². The van der Waals surface area contributed by atoms with E-state index in [1.807, 2.05) is 18.4 Å². The van der Waals surface area contributed by atoms with Crippen LogP contribution >= 0.6 is 11.3 Å². The Morgan fingerprint density at radius 2 is 2.06 bits per heavy atom. The molecular weight excluding hydrogens is 248 g/mol. The van der Waals surface area contributed by atoms with Gasteiger partial charge < -0.3 is 0 Å². The van der Waals surface area contributed by atoms with Gasteiger partial charge in [-0.25, -0.2) is 15.0 Å². The highest BCUT2D eigenvalue weighted by Crippen LogP contribution is 2.13. The second-order valence-corrected chi connectivity index (χ2v) is 4.91. The minimum Gasteiger partial charge on any atom is -0.290 e.